The first-order valence-electron chi connectivity index (χ1n) is 12.9. The molecule has 3 aliphatic rings. The Morgan fingerprint density at radius 1 is 0.925 bits per heavy atom. The van der Waals surface area contributed by atoms with E-state index in [1.54, 1.807) is 4.90 Å². The number of benzene rings is 2. The number of cyclic esters (lactones) is 1. The zero-order valence-corrected chi connectivity index (χ0v) is 21.3. The fraction of sp³-hybridized carbons (Fsp3) is 0.500. The van der Waals surface area contributed by atoms with Crippen LogP contribution in [-0.4, -0.2) is 42.1 Å². The SMILES string of the molecule is CC(O[C@H]1CN2C(=O)CC(C3COC(=O)C3)CC2C1c1ccc(F)cc1)c1cc(C(F)(F)F)cc(C(F)(F)F)c1. The molecular formula is C28H26F7NO4. The number of esters is 1. The molecule has 0 aliphatic carbocycles. The maximum atomic E-state index is 13.7. The first-order valence-corrected chi connectivity index (χ1v) is 12.9. The summed E-state index contributed by atoms with van der Waals surface area (Å²) in [7, 11) is 0. The van der Waals surface area contributed by atoms with Gasteiger partial charge in [0.1, 0.15) is 5.82 Å². The first kappa shape index (κ1) is 28.4. The average Bonchev–Trinajstić information content (AvgIpc) is 3.47. The van der Waals surface area contributed by atoms with E-state index in [0.717, 1.165) is 0 Å². The summed E-state index contributed by atoms with van der Waals surface area (Å²) < 4.78 is 106. The number of fused-ring (bicyclic) bond motifs is 1. The third-order valence-electron chi connectivity index (χ3n) is 8.16. The highest BCUT2D eigenvalue weighted by molar-refractivity contribution is 5.79. The molecule has 3 saturated heterocycles. The second-order valence-corrected chi connectivity index (χ2v) is 10.7. The van der Waals surface area contributed by atoms with E-state index in [0.29, 0.717) is 24.1 Å². The molecule has 1 amide bonds. The van der Waals surface area contributed by atoms with Gasteiger partial charge < -0.3 is 14.4 Å². The zero-order chi connectivity index (χ0) is 29.0. The van der Waals surface area contributed by atoms with Crippen molar-refractivity contribution in [2.45, 2.75) is 62.7 Å². The molecular weight excluding hydrogens is 547 g/mol. The van der Waals surface area contributed by atoms with Crippen molar-refractivity contribution in [2.75, 3.05) is 13.2 Å². The molecule has 0 radical (unpaired) electrons. The van der Waals surface area contributed by atoms with Crippen molar-refractivity contribution in [2.24, 2.45) is 11.8 Å². The summed E-state index contributed by atoms with van der Waals surface area (Å²) in [4.78, 5) is 26.5. The van der Waals surface area contributed by atoms with Crippen LogP contribution in [0.25, 0.3) is 0 Å². The molecule has 0 aromatic heterocycles. The lowest BCUT2D eigenvalue weighted by Gasteiger charge is -2.38. The highest BCUT2D eigenvalue weighted by Gasteiger charge is 2.51. The van der Waals surface area contributed by atoms with E-state index in [1.165, 1.54) is 31.2 Å². The van der Waals surface area contributed by atoms with Gasteiger partial charge in [-0.2, -0.15) is 26.3 Å². The van der Waals surface area contributed by atoms with E-state index in [2.05, 4.69) is 0 Å². The van der Waals surface area contributed by atoms with E-state index in [1.807, 2.05) is 0 Å². The third kappa shape index (κ3) is 5.68. The second-order valence-electron chi connectivity index (χ2n) is 10.7. The lowest BCUT2D eigenvalue weighted by Crippen LogP contribution is -2.45. The van der Waals surface area contributed by atoms with Crippen LogP contribution < -0.4 is 0 Å². The van der Waals surface area contributed by atoms with Gasteiger partial charge in [0.15, 0.2) is 0 Å². The minimum Gasteiger partial charge on any atom is -0.465 e. The topological polar surface area (TPSA) is 55.8 Å². The van der Waals surface area contributed by atoms with Gasteiger partial charge in [0.05, 0.1) is 36.4 Å². The summed E-state index contributed by atoms with van der Waals surface area (Å²) in [5.74, 6) is -1.84. The van der Waals surface area contributed by atoms with Crippen molar-refractivity contribution in [1.82, 2.24) is 4.90 Å². The molecule has 3 fully saturated rings. The number of carbonyl (C=O) groups excluding carboxylic acids is 2. The maximum Gasteiger partial charge on any atom is 0.416 e. The van der Waals surface area contributed by atoms with Crippen LogP contribution in [0.4, 0.5) is 30.7 Å². The second kappa shape index (κ2) is 10.4. The average molecular weight is 574 g/mol. The predicted octanol–water partition coefficient (Wildman–Crippen LogP) is 6.28. The summed E-state index contributed by atoms with van der Waals surface area (Å²) in [6.07, 6.45) is -11.1. The molecule has 3 heterocycles. The highest BCUT2D eigenvalue weighted by Crippen LogP contribution is 2.46. The standard InChI is InChI=1S/C28H26F7NO4/c1-14(16-6-19(27(30,31)32)11-20(7-16)28(33,34)35)40-23-12-36-22(26(23)15-2-4-21(29)5-3-15)8-17(9-24(36)37)18-10-25(38)39-13-18/h2-7,11,14,17-18,22-23,26H,8-10,12-13H2,1H3/t14?,17?,18?,22?,23-,26?/m0/s1. The van der Waals surface area contributed by atoms with E-state index >= 15 is 0 Å². The summed E-state index contributed by atoms with van der Waals surface area (Å²) in [6.45, 7) is 1.63. The molecule has 3 aliphatic heterocycles. The Hall–Kier alpha value is -3.15. The number of halogens is 7. The van der Waals surface area contributed by atoms with Crippen LogP contribution in [0.2, 0.25) is 0 Å². The largest absolute Gasteiger partial charge is 0.465 e. The van der Waals surface area contributed by atoms with Gasteiger partial charge in [-0.1, -0.05) is 12.1 Å². The third-order valence-corrected chi connectivity index (χ3v) is 8.16. The van der Waals surface area contributed by atoms with Gasteiger partial charge in [-0.3, -0.25) is 9.59 Å². The number of hydrogen-bond donors (Lipinski definition) is 0. The Labute approximate surface area is 225 Å². The van der Waals surface area contributed by atoms with Gasteiger partial charge in [0, 0.05) is 30.8 Å². The fourth-order valence-electron chi connectivity index (χ4n) is 6.18. The van der Waals surface area contributed by atoms with E-state index < -0.39 is 53.5 Å². The highest BCUT2D eigenvalue weighted by atomic mass is 19.4. The molecule has 2 aromatic rings. The summed E-state index contributed by atoms with van der Waals surface area (Å²) in [5.41, 5.74) is -2.58. The number of hydrogen-bond acceptors (Lipinski definition) is 4. The van der Waals surface area contributed by atoms with Crippen molar-refractivity contribution in [3.63, 3.8) is 0 Å². The fourth-order valence-corrected chi connectivity index (χ4v) is 6.18. The monoisotopic (exact) mass is 573 g/mol. The number of piperidine rings is 1. The van der Waals surface area contributed by atoms with Crippen molar-refractivity contribution in [3.05, 3.63) is 70.5 Å². The lowest BCUT2D eigenvalue weighted by molar-refractivity contribution is -0.143. The molecule has 5 unspecified atom stereocenters. The van der Waals surface area contributed by atoms with Gasteiger partial charge in [-0.15, -0.1) is 0 Å². The molecule has 5 rings (SSSR count). The Morgan fingerprint density at radius 3 is 2.10 bits per heavy atom. The molecule has 0 N–H and O–H groups in total. The quantitative estimate of drug-likeness (QED) is 0.312. The van der Waals surface area contributed by atoms with Crippen LogP contribution in [0.5, 0.6) is 0 Å². The van der Waals surface area contributed by atoms with Gasteiger partial charge in [-0.05, 0) is 60.7 Å². The van der Waals surface area contributed by atoms with Crippen molar-refractivity contribution in [1.29, 1.82) is 0 Å². The number of alkyl halides is 6. The smallest absolute Gasteiger partial charge is 0.416 e. The molecule has 40 heavy (non-hydrogen) atoms. The number of rotatable bonds is 5. The summed E-state index contributed by atoms with van der Waals surface area (Å²) in [5, 5.41) is 0. The van der Waals surface area contributed by atoms with Gasteiger partial charge >= 0.3 is 18.3 Å². The zero-order valence-electron chi connectivity index (χ0n) is 21.3. The van der Waals surface area contributed by atoms with Crippen LogP contribution in [0, 0.1) is 17.7 Å². The number of carbonyl (C=O) groups is 2. The molecule has 5 nitrogen and oxygen atoms in total. The molecule has 6 atom stereocenters. The van der Waals surface area contributed by atoms with Crippen LogP contribution in [0.3, 0.4) is 0 Å². The van der Waals surface area contributed by atoms with Crippen LogP contribution in [0.1, 0.15) is 60.5 Å². The normalized spacial score (nSPS) is 28.0. The molecule has 12 heteroatoms. The van der Waals surface area contributed by atoms with Crippen molar-refractivity contribution >= 4 is 11.9 Å². The minimum absolute atomic E-state index is 0.0592. The molecule has 0 bridgehead atoms. The molecule has 2 aromatic carbocycles. The molecule has 0 saturated carbocycles. The van der Waals surface area contributed by atoms with Crippen LogP contribution >= 0.6 is 0 Å². The molecule has 216 valence electrons. The van der Waals surface area contributed by atoms with E-state index in [-0.39, 0.29) is 61.3 Å². The number of nitrogens with zero attached hydrogens (tertiary/aromatic N) is 1. The Morgan fingerprint density at radius 2 is 1.55 bits per heavy atom. The van der Waals surface area contributed by atoms with Crippen molar-refractivity contribution in [3.8, 4) is 0 Å². The van der Waals surface area contributed by atoms with Crippen LogP contribution in [0.15, 0.2) is 42.5 Å². The number of amides is 1. The Kier molecular flexibility index (Phi) is 7.35. The van der Waals surface area contributed by atoms with Crippen molar-refractivity contribution < 1.29 is 49.8 Å². The molecule has 0 spiro atoms. The summed E-state index contributed by atoms with van der Waals surface area (Å²) >= 11 is 0. The summed E-state index contributed by atoms with van der Waals surface area (Å²) in [6, 6.07) is 6.46. The Balaban J connectivity index is 1.46. The van der Waals surface area contributed by atoms with Gasteiger partial charge in [0.25, 0.3) is 0 Å². The number of ether oxygens (including phenoxy) is 2. The minimum atomic E-state index is -5.01. The van der Waals surface area contributed by atoms with Gasteiger partial charge in [0.2, 0.25) is 5.91 Å². The Bertz CT molecular complexity index is 1240. The van der Waals surface area contributed by atoms with Crippen LogP contribution in [-0.2, 0) is 31.4 Å². The first-order chi connectivity index (χ1) is 18.7. The maximum absolute atomic E-state index is 13.7. The predicted molar refractivity (Wildman–Crippen MR) is 126 cm³/mol. The lowest BCUT2D eigenvalue weighted by atomic mass is 9.76. The van der Waals surface area contributed by atoms with Gasteiger partial charge in [-0.25, -0.2) is 4.39 Å². The van der Waals surface area contributed by atoms with E-state index in [9.17, 15) is 40.3 Å². The van der Waals surface area contributed by atoms with E-state index in [4.69, 9.17) is 9.47 Å².